The highest BCUT2D eigenvalue weighted by atomic mass is 16.5. The van der Waals surface area contributed by atoms with Gasteiger partial charge in [0, 0.05) is 34.8 Å². The van der Waals surface area contributed by atoms with Crippen molar-refractivity contribution in [1.82, 2.24) is 0 Å². The van der Waals surface area contributed by atoms with E-state index in [0.29, 0.717) is 29.3 Å². The van der Waals surface area contributed by atoms with Crippen molar-refractivity contribution in [2.24, 2.45) is 11.8 Å². The Morgan fingerprint density at radius 3 is 1.85 bits per heavy atom. The van der Waals surface area contributed by atoms with Crippen molar-refractivity contribution in [1.29, 1.82) is 0 Å². The van der Waals surface area contributed by atoms with Gasteiger partial charge >= 0.3 is 0 Å². The lowest BCUT2D eigenvalue weighted by atomic mass is 9.67. The van der Waals surface area contributed by atoms with E-state index >= 15 is 0 Å². The van der Waals surface area contributed by atoms with E-state index in [1.165, 1.54) is 60.8 Å². The zero-order chi connectivity index (χ0) is 33.2. The molecule has 0 radical (unpaired) electrons. The molecule has 0 fully saturated rings. The van der Waals surface area contributed by atoms with Crippen molar-refractivity contribution in [2.75, 3.05) is 0 Å². The van der Waals surface area contributed by atoms with Gasteiger partial charge in [-0.3, -0.25) is 0 Å². The van der Waals surface area contributed by atoms with Crippen LogP contribution in [0.1, 0.15) is 154 Å². The van der Waals surface area contributed by atoms with Crippen LogP contribution in [0.2, 0.25) is 0 Å². The quantitative estimate of drug-likeness (QED) is 0.226. The van der Waals surface area contributed by atoms with Crippen LogP contribution in [0.15, 0.2) is 47.6 Å². The maximum atomic E-state index is 10.7. The van der Waals surface area contributed by atoms with Gasteiger partial charge in [-0.1, -0.05) is 62.8 Å². The normalized spacial score (nSPS) is 25.1. The number of benzene rings is 2. The monoisotopic (exact) mass is 628 g/mol. The lowest BCUT2D eigenvalue weighted by molar-refractivity contribution is 0.00749. The van der Waals surface area contributed by atoms with Gasteiger partial charge in [0.1, 0.15) is 34.2 Å². The van der Waals surface area contributed by atoms with E-state index in [1.54, 1.807) is 0 Å². The molecule has 46 heavy (non-hydrogen) atoms. The van der Waals surface area contributed by atoms with Crippen LogP contribution in [-0.2, 0) is 12.8 Å². The molecule has 6 rings (SSSR count). The lowest BCUT2D eigenvalue weighted by Gasteiger charge is -2.47. The topological polar surface area (TPSA) is 58.9 Å². The van der Waals surface area contributed by atoms with Crippen molar-refractivity contribution in [2.45, 2.75) is 155 Å². The van der Waals surface area contributed by atoms with Gasteiger partial charge in [-0.25, -0.2) is 0 Å². The third kappa shape index (κ3) is 7.32. The van der Waals surface area contributed by atoms with Crippen molar-refractivity contribution < 1.29 is 19.7 Å². The average Bonchev–Trinajstić information content (AvgIpc) is 2.96. The number of aryl methyl sites for hydroxylation is 2. The number of fused-ring (bicyclic) bond motifs is 6. The molecule has 4 atom stereocenters. The third-order valence-electron chi connectivity index (χ3n) is 11.2. The largest absolute Gasteiger partial charge is 0.508 e. The highest BCUT2D eigenvalue weighted by Gasteiger charge is 2.46. The minimum Gasteiger partial charge on any atom is -0.508 e. The summed E-state index contributed by atoms with van der Waals surface area (Å²) >= 11 is 0. The molecule has 2 aliphatic heterocycles. The zero-order valence-corrected chi connectivity index (χ0v) is 30.0. The number of rotatable bonds is 8. The second kappa shape index (κ2) is 14.1. The van der Waals surface area contributed by atoms with Crippen molar-refractivity contribution in [3.8, 4) is 23.0 Å². The molecule has 4 unspecified atom stereocenters. The molecular weight excluding hydrogens is 568 g/mol. The predicted molar refractivity (Wildman–Crippen MR) is 191 cm³/mol. The second-order valence-electron chi connectivity index (χ2n) is 15.8. The molecule has 0 bridgehead atoms. The number of allylic oxidation sites excluding steroid dienone is 4. The number of phenolic OH excluding ortho intramolecular Hbond substituents is 2. The van der Waals surface area contributed by atoms with Crippen molar-refractivity contribution in [3.63, 3.8) is 0 Å². The first-order valence-electron chi connectivity index (χ1n) is 18.3. The van der Waals surface area contributed by atoms with Gasteiger partial charge in [-0.15, -0.1) is 0 Å². The average molecular weight is 629 g/mol. The highest BCUT2D eigenvalue weighted by molar-refractivity contribution is 5.54. The van der Waals surface area contributed by atoms with Crippen LogP contribution < -0.4 is 9.47 Å². The summed E-state index contributed by atoms with van der Waals surface area (Å²) < 4.78 is 12.7. The van der Waals surface area contributed by atoms with E-state index in [1.807, 2.05) is 12.1 Å². The van der Waals surface area contributed by atoms with Crippen molar-refractivity contribution >= 4 is 0 Å². The molecule has 2 N–H and O–H groups in total. The summed E-state index contributed by atoms with van der Waals surface area (Å²) in [5.41, 5.74) is 6.95. The summed E-state index contributed by atoms with van der Waals surface area (Å²) in [6.45, 7) is 17.6. The molecule has 4 aliphatic rings. The van der Waals surface area contributed by atoms with E-state index in [9.17, 15) is 10.2 Å². The predicted octanol–water partition coefficient (Wildman–Crippen LogP) is 11.5. The highest BCUT2D eigenvalue weighted by Crippen LogP contribution is 2.55. The van der Waals surface area contributed by atoms with Gasteiger partial charge in [0.2, 0.25) is 0 Å². The molecular formula is C42H60O4. The SMILES string of the molecule is CCCCCc1cc(O)c2c(c1)OC(C)(C)C1CC=C(C)CC21.CCCCCc1cc(O)c2c(c1)OC(C)(C)C1CCC(C)=CC21. The third-order valence-corrected chi connectivity index (χ3v) is 11.2. The molecule has 252 valence electrons. The molecule has 2 aromatic rings. The molecule has 0 spiro atoms. The Hall–Kier alpha value is -2.88. The summed E-state index contributed by atoms with van der Waals surface area (Å²) in [4.78, 5) is 0. The second-order valence-corrected chi connectivity index (χ2v) is 15.8. The van der Waals surface area contributed by atoms with Gasteiger partial charge in [0.25, 0.3) is 0 Å². The molecule has 0 amide bonds. The minimum absolute atomic E-state index is 0.177. The first-order chi connectivity index (χ1) is 21.8. The van der Waals surface area contributed by atoms with Crippen LogP contribution in [0.3, 0.4) is 0 Å². The molecule has 0 saturated carbocycles. The Morgan fingerprint density at radius 2 is 1.26 bits per heavy atom. The summed E-state index contributed by atoms with van der Waals surface area (Å²) in [5, 5.41) is 21.4. The van der Waals surface area contributed by atoms with Gasteiger partial charge < -0.3 is 19.7 Å². The standard InChI is InChI=1S/2C21H30O2/c2*1-5-6-7-8-15-12-18(22)20-16-11-14(2)9-10-17(16)21(3,4)23-19(20)13-15/h11-13,16-17,22H,5-10H2,1-4H3;9,12-13,16-17,22H,5-8,10-11H2,1-4H3. The van der Waals surface area contributed by atoms with E-state index in [-0.39, 0.29) is 17.1 Å². The Kier molecular flexibility index (Phi) is 10.5. The number of hydrogen-bond donors (Lipinski definition) is 2. The number of ether oxygens (including phenoxy) is 2. The van der Waals surface area contributed by atoms with Gasteiger partial charge in [-0.05, 0) is 128 Å². The molecule has 2 aromatic carbocycles. The van der Waals surface area contributed by atoms with Gasteiger partial charge in [0.05, 0.1) is 0 Å². The number of aromatic hydroxyl groups is 2. The molecule has 0 aromatic heterocycles. The fourth-order valence-corrected chi connectivity index (χ4v) is 8.65. The van der Waals surface area contributed by atoms with Crippen LogP contribution in [0, 0.1) is 11.8 Å². The van der Waals surface area contributed by atoms with E-state index in [0.717, 1.165) is 61.2 Å². The Bertz CT molecular complexity index is 1440. The maximum Gasteiger partial charge on any atom is 0.127 e. The van der Waals surface area contributed by atoms with Crippen LogP contribution in [0.25, 0.3) is 0 Å². The van der Waals surface area contributed by atoms with E-state index in [2.05, 4.69) is 79.7 Å². The Morgan fingerprint density at radius 1 is 0.717 bits per heavy atom. The lowest BCUT2D eigenvalue weighted by Crippen LogP contribution is -2.45. The maximum absolute atomic E-state index is 10.7. The van der Waals surface area contributed by atoms with Crippen LogP contribution in [0.5, 0.6) is 23.0 Å². The summed E-state index contributed by atoms with van der Waals surface area (Å²) in [7, 11) is 0. The Balaban J connectivity index is 0.000000181. The fourth-order valence-electron chi connectivity index (χ4n) is 8.65. The minimum atomic E-state index is -0.177. The van der Waals surface area contributed by atoms with Gasteiger partial charge in [0.15, 0.2) is 0 Å². The van der Waals surface area contributed by atoms with Crippen LogP contribution in [0.4, 0.5) is 0 Å². The molecule has 2 heterocycles. The molecule has 4 nitrogen and oxygen atoms in total. The van der Waals surface area contributed by atoms with Crippen LogP contribution in [-0.4, -0.2) is 21.4 Å². The molecule has 0 saturated heterocycles. The smallest absolute Gasteiger partial charge is 0.127 e. The Labute approximate surface area is 279 Å². The van der Waals surface area contributed by atoms with E-state index in [4.69, 9.17) is 9.47 Å². The first kappa shape index (κ1) is 34.5. The number of unbranched alkanes of at least 4 members (excludes halogenated alkanes) is 4. The number of phenols is 2. The summed E-state index contributed by atoms with van der Waals surface area (Å²) in [5.74, 6) is 4.22. The summed E-state index contributed by atoms with van der Waals surface area (Å²) in [6.07, 6.45) is 18.3. The number of hydrogen-bond acceptors (Lipinski definition) is 4. The molecule has 2 aliphatic carbocycles. The zero-order valence-electron chi connectivity index (χ0n) is 30.0. The van der Waals surface area contributed by atoms with Crippen LogP contribution >= 0.6 is 0 Å². The fraction of sp³-hybridized carbons (Fsp3) is 0.619. The molecule has 4 heteroatoms. The van der Waals surface area contributed by atoms with E-state index < -0.39 is 0 Å². The summed E-state index contributed by atoms with van der Waals surface area (Å²) in [6, 6.07) is 8.28. The van der Waals surface area contributed by atoms with Gasteiger partial charge in [-0.2, -0.15) is 0 Å². The first-order valence-corrected chi connectivity index (χ1v) is 18.3. The van der Waals surface area contributed by atoms with Crippen molar-refractivity contribution in [3.05, 3.63) is 69.8 Å².